The lowest BCUT2D eigenvalue weighted by Gasteiger charge is -2.34. The van der Waals surface area contributed by atoms with E-state index < -0.39 is 0 Å². The zero-order valence-corrected chi connectivity index (χ0v) is 17.0. The van der Waals surface area contributed by atoms with Crippen LogP contribution in [0.5, 0.6) is 17.2 Å². The lowest BCUT2D eigenvalue weighted by molar-refractivity contribution is 0.190. The molecule has 4 rings (SSSR count). The van der Waals surface area contributed by atoms with E-state index in [1.165, 1.54) is 18.4 Å². The van der Waals surface area contributed by atoms with Crippen LogP contribution in [0.3, 0.4) is 0 Å². The molecule has 5 nitrogen and oxygen atoms in total. The summed E-state index contributed by atoms with van der Waals surface area (Å²) >= 11 is 0. The van der Waals surface area contributed by atoms with Gasteiger partial charge in [0.05, 0.1) is 26.9 Å². The molecule has 2 aliphatic heterocycles. The Labute approximate surface area is 167 Å². The number of rotatable bonds is 6. The van der Waals surface area contributed by atoms with Crippen molar-refractivity contribution in [1.29, 1.82) is 0 Å². The summed E-state index contributed by atoms with van der Waals surface area (Å²) in [7, 11) is 5.19. The first-order chi connectivity index (χ1) is 13.7. The molecule has 0 saturated carbocycles. The van der Waals surface area contributed by atoms with Gasteiger partial charge >= 0.3 is 0 Å². The average Bonchev–Trinajstić information content (AvgIpc) is 3.12. The molecule has 28 heavy (non-hydrogen) atoms. The third-order valence-electron chi connectivity index (χ3n) is 6.22. The van der Waals surface area contributed by atoms with Crippen LogP contribution in [-0.2, 0) is 6.54 Å². The van der Waals surface area contributed by atoms with Crippen LogP contribution in [0, 0.1) is 0 Å². The van der Waals surface area contributed by atoms with E-state index in [0.717, 1.165) is 42.4 Å². The minimum atomic E-state index is 0.445. The van der Waals surface area contributed by atoms with Crippen molar-refractivity contribution >= 4 is 0 Å². The van der Waals surface area contributed by atoms with Crippen molar-refractivity contribution in [3.63, 3.8) is 0 Å². The van der Waals surface area contributed by atoms with E-state index in [-0.39, 0.29) is 0 Å². The van der Waals surface area contributed by atoms with Crippen LogP contribution in [0.2, 0.25) is 0 Å². The van der Waals surface area contributed by atoms with Gasteiger partial charge in [0.1, 0.15) is 17.2 Å². The Balaban J connectivity index is 1.63. The molecule has 3 atom stereocenters. The molecular weight excluding hydrogens is 352 g/mol. The maximum Gasteiger partial charge on any atom is 0.127 e. The first kappa shape index (κ1) is 19.1. The molecule has 2 fully saturated rings. The number of likely N-dealkylation sites (tertiary alicyclic amines) is 1. The van der Waals surface area contributed by atoms with Crippen molar-refractivity contribution in [2.75, 3.05) is 34.4 Å². The Morgan fingerprint density at radius 2 is 1.75 bits per heavy atom. The summed E-state index contributed by atoms with van der Waals surface area (Å²) in [4.78, 5) is 2.60. The van der Waals surface area contributed by atoms with Gasteiger partial charge in [-0.2, -0.15) is 0 Å². The Morgan fingerprint density at radius 3 is 2.46 bits per heavy atom. The Bertz CT molecular complexity index is 788. The van der Waals surface area contributed by atoms with Gasteiger partial charge in [0.2, 0.25) is 0 Å². The molecule has 2 heterocycles. The van der Waals surface area contributed by atoms with Gasteiger partial charge in [-0.1, -0.05) is 18.2 Å². The van der Waals surface area contributed by atoms with Crippen molar-refractivity contribution in [2.24, 2.45) is 0 Å². The monoisotopic (exact) mass is 382 g/mol. The van der Waals surface area contributed by atoms with E-state index in [1.54, 1.807) is 21.3 Å². The third kappa shape index (κ3) is 3.56. The summed E-state index contributed by atoms with van der Waals surface area (Å²) < 4.78 is 16.7. The van der Waals surface area contributed by atoms with Crippen LogP contribution in [0.15, 0.2) is 42.5 Å². The summed E-state index contributed by atoms with van der Waals surface area (Å²) in [5, 5.41) is 3.80. The highest BCUT2D eigenvalue weighted by Crippen LogP contribution is 2.40. The van der Waals surface area contributed by atoms with Gasteiger partial charge in [-0.3, -0.25) is 4.90 Å². The van der Waals surface area contributed by atoms with Crippen molar-refractivity contribution < 1.29 is 14.2 Å². The fraction of sp³-hybridized carbons (Fsp3) is 0.478. The van der Waals surface area contributed by atoms with Gasteiger partial charge in [0.15, 0.2) is 0 Å². The van der Waals surface area contributed by atoms with Crippen LogP contribution in [0.1, 0.15) is 29.9 Å². The highest BCUT2D eigenvalue weighted by atomic mass is 16.5. The molecular formula is C23H30N2O3. The SMILES string of the molecule is COc1cccc([C@H]2CN(Cc3c(OC)cccc3OC)[C@@H]3CCCN[C@H]23)c1. The molecule has 0 aliphatic carbocycles. The van der Waals surface area contributed by atoms with Gasteiger partial charge in [-0.15, -0.1) is 0 Å². The zero-order valence-electron chi connectivity index (χ0n) is 17.0. The van der Waals surface area contributed by atoms with Gasteiger partial charge in [-0.05, 0) is 49.2 Å². The van der Waals surface area contributed by atoms with E-state index in [2.05, 4.69) is 28.4 Å². The number of nitrogens with one attached hydrogen (secondary N) is 1. The highest BCUT2D eigenvalue weighted by molar-refractivity contribution is 5.45. The number of benzene rings is 2. The van der Waals surface area contributed by atoms with Gasteiger partial charge < -0.3 is 19.5 Å². The summed E-state index contributed by atoms with van der Waals surface area (Å²) in [6.45, 7) is 2.93. The normalized spacial score (nSPS) is 24.6. The second kappa shape index (κ2) is 8.41. The molecule has 2 aromatic rings. The first-order valence-corrected chi connectivity index (χ1v) is 10.1. The Hall–Kier alpha value is -2.24. The topological polar surface area (TPSA) is 43.0 Å². The van der Waals surface area contributed by atoms with E-state index in [4.69, 9.17) is 14.2 Å². The maximum absolute atomic E-state index is 5.64. The minimum absolute atomic E-state index is 0.445. The second-order valence-electron chi connectivity index (χ2n) is 7.64. The number of nitrogens with zero attached hydrogens (tertiary/aromatic N) is 1. The number of fused-ring (bicyclic) bond motifs is 1. The predicted molar refractivity (Wildman–Crippen MR) is 111 cm³/mol. The minimum Gasteiger partial charge on any atom is -0.497 e. The third-order valence-corrected chi connectivity index (χ3v) is 6.22. The summed E-state index contributed by atoms with van der Waals surface area (Å²) in [5.41, 5.74) is 2.47. The first-order valence-electron chi connectivity index (χ1n) is 10.1. The quantitative estimate of drug-likeness (QED) is 0.829. The molecule has 2 aliphatic rings. The summed E-state index contributed by atoms with van der Waals surface area (Å²) in [6.07, 6.45) is 2.43. The van der Waals surface area contributed by atoms with Crippen molar-refractivity contribution in [3.05, 3.63) is 53.6 Å². The molecule has 2 aromatic carbocycles. The van der Waals surface area contributed by atoms with E-state index in [1.807, 2.05) is 24.3 Å². The summed E-state index contributed by atoms with van der Waals surface area (Å²) in [6, 6.07) is 15.5. The molecule has 0 bridgehead atoms. The fourth-order valence-corrected chi connectivity index (χ4v) is 4.87. The summed E-state index contributed by atoms with van der Waals surface area (Å²) in [5.74, 6) is 3.16. The second-order valence-corrected chi connectivity index (χ2v) is 7.64. The molecule has 1 N–H and O–H groups in total. The van der Waals surface area contributed by atoms with Gasteiger partial charge in [0.25, 0.3) is 0 Å². The number of ether oxygens (including phenoxy) is 3. The standard InChI is InChI=1S/C23H30N2O3/c1-26-17-8-4-7-16(13-17)18-14-25(20-9-6-12-24-23(18)20)15-19-21(27-2)10-5-11-22(19)28-3/h4-5,7-8,10-11,13,18,20,23-24H,6,9,12,14-15H2,1-3H3/t18-,20-,23-/m1/s1. The Morgan fingerprint density at radius 1 is 1.00 bits per heavy atom. The highest BCUT2D eigenvalue weighted by Gasteiger charge is 2.43. The van der Waals surface area contributed by atoms with Crippen molar-refractivity contribution in [3.8, 4) is 17.2 Å². The molecule has 0 amide bonds. The number of methoxy groups -OCH3 is 3. The van der Waals surface area contributed by atoms with Crippen molar-refractivity contribution in [1.82, 2.24) is 10.2 Å². The average molecular weight is 383 g/mol. The lowest BCUT2D eigenvalue weighted by Crippen LogP contribution is -2.48. The lowest BCUT2D eigenvalue weighted by atomic mass is 9.87. The van der Waals surface area contributed by atoms with Gasteiger partial charge in [-0.25, -0.2) is 0 Å². The smallest absolute Gasteiger partial charge is 0.127 e. The van der Waals surface area contributed by atoms with E-state index in [0.29, 0.717) is 18.0 Å². The molecule has 0 unspecified atom stereocenters. The molecule has 5 heteroatoms. The fourth-order valence-electron chi connectivity index (χ4n) is 4.87. The molecule has 0 aromatic heterocycles. The number of hydrogen-bond acceptors (Lipinski definition) is 5. The van der Waals surface area contributed by atoms with E-state index >= 15 is 0 Å². The Kier molecular flexibility index (Phi) is 5.74. The van der Waals surface area contributed by atoms with Crippen LogP contribution in [-0.4, -0.2) is 51.4 Å². The number of hydrogen-bond donors (Lipinski definition) is 1. The largest absolute Gasteiger partial charge is 0.497 e. The maximum atomic E-state index is 5.64. The van der Waals surface area contributed by atoms with Crippen molar-refractivity contribution in [2.45, 2.75) is 37.4 Å². The van der Waals surface area contributed by atoms with Crippen LogP contribution >= 0.6 is 0 Å². The predicted octanol–water partition coefficient (Wildman–Crippen LogP) is 3.43. The molecule has 150 valence electrons. The van der Waals surface area contributed by atoms with Crippen LogP contribution in [0.25, 0.3) is 0 Å². The molecule has 2 saturated heterocycles. The van der Waals surface area contributed by atoms with Crippen LogP contribution in [0.4, 0.5) is 0 Å². The zero-order chi connectivity index (χ0) is 19.5. The van der Waals surface area contributed by atoms with Gasteiger partial charge in [0, 0.05) is 31.1 Å². The van der Waals surface area contributed by atoms with Crippen LogP contribution < -0.4 is 19.5 Å². The number of piperidine rings is 1. The molecule has 0 spiro atoms. The van der Waals surface area contributed by atoms with E-state index in [9.17, 15) is 0 Å². The molecule has 0 radical (unpaired) electrons.